The van der Waals surface area contributed by atoms with Crippen LogP contribution in [-0.4, -0.2) is 68.5 Å². The van der Waals surface area contributed by atoms with Gasteiger partial charge in [0.05, 0.1) is 39.9 Å². The number of aliphatic hydroxyl groups excluding tert-OH is 1. The molecule has 3 unspecified atom stereocenters. The fourth-order valence-electron chi connectivity index (χ4n) is 8.04. The largest absolute Gasteiger partial charge is 0.756 e. The van der Waals surface area contributed by atoms with Crippen LogP contribution in [0.1, 0.15) is 232 Å². The van der Waals surface area contributed by atoms with Crippen LogP contribution in [0.15, 0.2) is 122 Å². The van der Waals surface area contributed by atoms with Crippen molar-refractivity contribution < 1.29 is 32.9 Å². The Morgan fingerprint density at radius 3 is 1.19 bits per heavy atom. The van der Waals surface area contributed by atoms with Gasteiger partial charge in [0.1, 0.15) is 13.2 Å². The lowest BCUT2D eigenvalue weighted by Gasteiger charge is -2.29. The molecule has 0 heterocycles. The molecule has 0 bridgehead atoms. The first-order valence-corrected chi connectivity index (χ1v) is 31.4. The second-order valence-electron chi connectivity index (χ2n) is 21.0. The van der Waals surface area contributed by atoms with E-state index in [-0.39, 0.29) is 18.9 Å². The van der Waals surface area contributed by atoms with E-state index in [1.165, 1.54) is 122 Å². The molecule has 0 aliphatic heterocycles. The molecule has 0 aromatic heterocycles. The molecule has 0 spiro atoms. The maximum Gasteiger partial charge on any atom is 0.268 e. The van der Waals surface area contributed by atoms with E-state index in [9.17, 15) is 19.4 Å². The molecule has 74 heavy (non-hydrogen) atoms. The molecule has 424 valence electrons. The Balaban J connectivity index is 4.36. The fraction of sp³-hybridized carbons (Fsp3) is 0.677. The van der Waals surface area contributed by atoms with Gasteiger partial charge >= 0.3 is 0 Å². The Kier molecular flexibility index (Phi) is 52.4. The van der Waals surface area contributed by atoms with Crippen LogP contribution >= 0.6 is 7.82 Å². The van der Waals surface area contributed by atoms with Crippen molar-refractivity contribution in [3.05, 3.63) is 122 Å². The van der Waals surface area contributed by atoms with Crippen LogP contribution in [0.5, 0.6) is 0 Å². The number of nitrogens with one attached hydrogen (secondary N) is 1. The van der Waals surface area contributed by atoms with E-state index >= 15 is 0 Å². The standard InChI is InChI=1S/C65H113N2O6P/c1-6-8-10-12-14-16-18-20-22-24-26-28-30-31-32-33-34-35-37-39-41-43-45-47-49-51-53-55-57-59-65(69)66-63(62-73-74(70,71)72-61-60-67(3,4)5)64(68)58-56-54-52-50-48-46-44-42-40-38-36-29-27-25-23-21-19-17-15-13-11-9-7-2/h8,10,14,16,20,22,26,28,31-32,34-35,39,41,45,47,51,53,56,58,63-64,68H,6-7,9,11-13,15,17-19,21,23-25,27,29-30,33,36-38,40,42-44,46,48-50,52,54-55,57,59-62H2,1-5H3,(H-,66,69,70,71)/b10-8-,16-14-,22-20-,28-26-,32-31-,35-34-,41-39-,47-45-,53-51-,58-56+. The van der Waals surface area contributed by atoms with Crippen LogP contribution in [0.25, 0.3) is 0 Å². The Bertz CT molecular complexity index is 1620. The third kappa shape index (κ3) is 56.6. The third-order valence-electron chi connectivity index (χ3n) is 12.7. The molecule has 0 aliphatic carbocycles. The maximum absolute atomic E-state index is 13.0. The second-order valence-corrected chi connectivity index (χ2v) is 22.4. The first-order valence-electron chi connectivity index (χ1n) is 29.9. The van der Waals surface area contributed by atoms with E-state index in [1.807, 2.05) is 27.2 Å². The number of nitrogens with zero attached hydrogens (tertiary/aromatic N) is 1. The zero-order chi connectivity index (χ0) is 54.2. The SMILES string of the molecule is CC/C=C\C/C=C\C/C=C\C/C=C\C/C=C\C/C=C\C/C=C\C/C=C\C/C=C\CCCC(=O)NC(COP(=O)([O-])OCC[N+](C)(C)C)C(O)/C=C/CCCCCCCCCCCCCCCCCCCCCCC. The van der Waals surface area contributed by atoms with Gasteiger partial charge in [0, 0.05) is 6.42 Å². The molecular formula is C65H113N2O6P. The lowest BCUT2D eigenvalue weighted by Crippen LogP contribution is -2.45. The highest BCUT2D eigenvalue weighted by Crippen LogP contribution is 2.38. The Labute approximate surface area is 456 Å². The van der Waals surface area contributed by atoms with Gasteiger partial charge in [-0.15, -0.1) is 0 Å². The molecule has 0 fully saturated rings. The number of phosphoric acid groups is 1. The number of likely N-dealkylation sites (N-methyl/N-ethyl adjacent to an activating group) is 1. The molecular weight excluding hydrogens is 936 g/mol. The number of hydrogen-bond acceptors (Lipinski definition) is 6. The smallest absolute Gasteiger partial charge is 0.268 e. The topological polar surface area (TPSA) is 108 Å². The maximum atomic E-state index is 13.0. The van der Waals surface area contributed by atoms with Crippen LogP contribution in [0.4, 0.5) is 0 Å². The zero-order valence-corrected chi connectivity index (χ0v) is 49.1. The molecule has 0 saturated heterocycles. The minimum atomic E-state index is -4.62. The molecule has 0 radical (unpaired) electrons. The molecule has 1 amide bonds. The minimum absolute atomic E-state index is 0.0185. The summed E-state index contributed by atoms with van der Waals surface area (Å²) < 4.78 is 23.3. The molecule has 8 nitrogen and oxygen atoms in total. The number of aliphatic hydroxyl groups is 1. The number of carbonyl (C=O) groups is 1. The molecule has 0 aromatic carbocycles. The normalized spacial score (nSPS) is 14.7. The van der Waals surface area contributed by atoms with Crippen molar-refractivity contribution in [2.24, 2.45) is 0 Å². The van der Waals surface area contributed by atoms with Crippen molar-refractivity contribution in [1.82, 2.24) is 5.32 Å². The number of rotatable bonds is 53. The van der Waals surface area contributed by atoms with Gasteiger partial charge in [-0.2, -0.15) is 0 Å². The van der Waals surface area contributed by atoms with E-state index in [0.29, 0.717) is 17.4 Å². The highest BCUT2D eigenvalue weighted by atomic mass is 31.2. The average molecular weight is 1050 g/mol. The Morgan fingerprint density at radius 1 is 0.486 bits per heavy atom. The van der Waals surface area contributed by atoms with Crippen molar-refractivity contribution >= 4 is 13.7 Å². The van der Waals surface area contributed by atoms with Gasteiger partial charge < -0.3 is 28.8 Å². The van der Waals surface area contributed by atoms with Gasteiger partial charge in [0.25, 0.3) is 7.82 Å². The van der Waals surface area contributed by atoms with E-state index in [0.717, 1.165) is 83.5 Å². The second kappa shape index (κ2) is 54.7. The summed E-state index contributed by atoms with van der Waals surface area (Å²) in [7, 11) is 1.21. The van der Waals surface area contributed by atoms with Gasteiger partial charge in [-0.05, 0) is 83.5 Å². The van der Waals surface area contributed by atoms with Crippen molar-refractivity contribution in [1.29, 1.82) is 0 Å². The van der Waals surface area contributed by atoms with E-state index in [4.69, 9.17) is 9.05 Å². The van der Waals surface area contributed by atoms with Crippen molar-refractivity contribution in [3.8, 4) is 0 Å². The molecule has 3 atom stereocenters. The summed E-state index contributed by atoms with van der Waals surface area (Å²) in [5.41, 5.74) is 0. The van der Waals surface area contributed by atoms with Crippen molar-refractivity contribution in [2.45, 2.75) is 244 Å². The number of carbonyl (C=O) groups excluding carboxylic acids is 1. The monoisotopic (exact) mass is 1050 g/mol. The predicted octanol–water partition coefficient (Wildman–Crippen LogP) is 17.9. The Hall–Kier alpha value is -3.10. The van der Waals surface area contributed by atoms with Crippen LogP contribution in [-0.2, 0) is 18.4 Å². The van der Waals surface area contributed by atoms with Crippen LogP contribution in [0.2, 0.25) is 0 Å². The lowest BCUT2D eigenvalue weighted by atomic mass is 10.0. The first kappa shape index (κ1) is 70.9. The zero-order valence-electron chi connectivity index (χ0n) is 48.2. The minimum Gasteiger partial charge on any atom is -0.756 e. The summed E-state index contributed by atoms with van der Waals surface area (Å²) in [6, 6.07) is -0.928. The number of unbranched alkanes of at least 4 members (excludes halogenated alkanes) is 22. The van der Waals surface area contributed by atoms with Gasteiger partial charge in [-0.1, -0.05) is 264 Å². The van der Waals surface area contributed by atoms with Crippen LogP contribution in [0, 0.1) is 0 Å². The molecule has 0 rings (SSSR count). The predicted molar refractivity (Wildman–Crippen MR) is 320 cm³/mol. The van der Waals surface area contributed by atoms with Gasteiger partial charge in [-0.25, -0.2) is 0 Å². The van der Waals surface area contributed by atoms with Crippen LogP contribution < -0.4 is 10.2 Å². The summed E-state index contributed by atoms with van der Waals surface area (Å²) in [6.07, 6.45) is 81.4. The summed E-state index contributed by atoms with van der Waals surface area (Å²) in [6.45, 7) is 4.49. The quantitative estimate of drug-likeness (QED) is 0.0272. The number of quaternary nitrogens is 1. The van der Waals surface area contributed by atoms with Gasteiger partial charge in [-0.3, -0.25) is 9.36 Å². The third-order valence-corrected chi connectivity index (χ3v) is 13.6. The highest BCUT2D eigenvalue weighted by molar-refractivity contribution is 7.45. The molecule has 2 N–H and O–H groups in total. The molecule has 0 aliphatic rings. The number of allylic oxidation sites excluding steroid dienone is 19. The molecule has 0 saturated carbocycles. The van der Waals surface area contributed by atoms with E-state index < -0.39 is 26.6 Å². The van der Waals surface area contributed by atoms with Gasteiger partial charge in [0.2, 0.25) is 5.91 Å². The number of amides is 1. The summed E-state index contributed by atoms with van der Waals surface area (Å²) in [5.74, 6) is -0.258. The van der Waals surface area contributed by atoms with Crippen LogP contribution in [0.3, 0.4) is 0 Å². The first-order chi connectivity index (χ1) is 36.0. The lowest BCUT2D eigenvalue weighted by molar-refractivity contribution is -0.870. The Morgan fingerprint density at radius 2 is 0.824 bits per heavy atom. The number of phosphoric ester groups is 1. The number of hydrogen-bond donors (Lipinski definition) is 2. The van der Waals surface area contributed by atoms with Crippen molar-refractivity contribution in [3.63, 3.8) is 0 Å². The fourth-order valence-corrected chi connectivity index (χ4v) is 8.76. The highest BCUT2D eigenvalue weighted by Gasteiger charge is 2.23. The van der Waals surface area contributed by atoms with Crippen molar-refractivity contribution in [2.75, 3.05) is 40.9 Å². The summed E-state index contributed by atoms with van der Waals surface area (Å²) in [4.78, 5) is 25.5. The van der Waals surface area contributed by atoms with Gasteiger partial charge in [0.15, 0.2) is 0 Å². The summed E-state index contributed by atoms with van der Waals surface area (Å²) >= 11 is 0. The molecule has 9 heteroatoms. The molecule has 0 aromatic rings. The average Bonchev–Trinajstić information content (AvgIpc) is 3.36. The van der Waals surface area contributed by atoms with E-state index in [1.54, 1.807) is 6.08 Å². The summed E-state index contributed by atoms with van der Waals surface area (Å²) in [5, 5.41) is 13.9. The van der Waals surface area contributed by atoms with E-state index in [2.05, 4.69) is 129 Å².